The van der Waals surface area contributed by atoms with E-state index in [1.54, 1.807) is 18.2 Å². The van der Waals surface area contributed by atoms with Crippen LogP contribution in [0.15, 0.2) is 18.2 Å². The fraction of sp³-hybridized carbons (Fsp3) is 0.273. The van der Waals surface area contributed by atoms with Gasteiger partial charge in [-0.25, -0.2) is 4.79 Å². The Kier molecular flexibility index (Phi) is 3.57. The summed E-state index contributed by atoms with van der Waals surface area (Å²) in [5, 5.41) is 5.63. The zero-order valence-electron chi connectivity index (χ0n) is 9.57. The third-order valence-electron chi connectivity index (χ3n) is 2.55. The lowest BCUT2D eigenvalue weighted by Crippen LogP contribution is -2.35. The maximum Gasteiger partial charge on any atom is 0.317 e. The number of amides is 3. The van der Waals surface area contributed by atoms with Crippen LogP contribution in [0.2, 0.25) is 5.02 Å². The lowest BCUT2D eigenvalue weighted by atomic mass is 10.3. The number of carbonyl (C=O) groups excluding carboxylic acids is 2. The van der Waals surface area contributed by atoms with Gasteiger partial charge in [0.25, 0.3) is 0 Å². The van der Waals surface area contributed by atoms with Crippen LogP contribution in [-0.2, 0) is 4.79 Å². The fourth-order valence-electron chi connectivity index (χ4n) is 1.66. The Labute approximate surface area is 109 Å². The van der Waals surface area contributed by atoms with Gasteiger partial charge >= 0.3 is 6.03 Å². The second-order valence-electron chi connectivity index (χ2n) is 3.94. The quantitative estimate of drug-likeness (QED) is 0.712. The van der Waals surface area contributed by atoms with E-state index in [1.807, 2.05) is 0 Å². The first kappa shape index (κ1) is 12.5. The predicted molar refractivity (Wildman–Crippen MR) is 69.5 cm³/mol. The topological polar surface area (TPSA) is 87.5 Å². The summed E-state index contributed by atoms with van der Waals surface area (Å²) in [6.07, 6.45) is 0. The fourth-order valence-corrected chi connectivity index (χ4v) is 1.89. The van der Waals surface area contributed by atoms with Gasteiger partial charge in [-0.1, -0.05) is 11.6 Å². The summed E-state index contributed by atoms with van der Waals surface area (Å²) >= 11 is 5.93. The van der Waals surface area contributed by atoms with Gasteiger partial charge in [0.1, 0.15) is 6.54 Å². The molecule has 0 aromatic heterocycles. The molecule has 0 spiro atoms. The molecule has 0 atom stereocenters. The molecule has 1 heterocycles. The monoisotopic (exact) mass is 268 g/mol. The molecule has 1 saturated heterocycles. The lowest BCUT2D eigenvalue weighted by Gasteiger charge is -2.14. The van der Waals surface area contributed by atoms with Crippen LogP contribution < -0.4 is 16.4 Å². The summed E-state index contributed by atoms with van der Waals surface area (Å²) < 4.78 is 0. The van der Waals surface area contributed by atoms with Gasteiger partial charge in [-0.05, 0) is 18.2 Å². The average Bonchev–Trinajstić information content (AvgIpc) is 2.69. The Balaban J connectivity index is 1.96. The number of rotatable bonds is 3. The van der Waals surface area contributed by atoms with E-state index in [4.69, 9.17) is 17.3 Å². The molecule has 2 rings (SSSR count). The molecule has 18 heavy (non-hydrogen) atoms. The van der Waals surface area contributed by atoms with Crippen molar-refractivity contribution in [1.82, 2.24) is 10.2 Å². The van der Waals surface area contributed by atoms with Gasteiger partial charge in [0.05, 0.1) is 10.7 Å². The molecule has 1 aliphatic heterocycles. The molecule has 7 heteroatoms. The molecule has 1 aromatic carbocycles. The molecular weight excluding hydrogens is 256 g/mol. The highest BCUT2D eigenvalue weighted by atomic mass is 35.5. The van der Waals surface area contributed by atoms with E-state index in [1.165, 1.54) is 4.90 Å². The number of anilines is 2. The van der Waals surface area contributed by atoms with Crippen LogP contribution in [0.1, 0.15) is 0 Å². The highest BCUT2D eigenvalue weighted by Gasteiger charge is 2.21. The number of halogens is 1. The molecule has 1 fully saturated rings. The third-order valence-corrected chi connectivity index (χ3v) is 2.86. The zero-order valence-corrected chi connectivity index (χ0v) is 10.3. The van der Waals surface area contributed by atoms with Crippen LogP contribution in [0.3, 0.4) is 0 Å². The van der Waals surface area contributed by atoms with Gasteiger partial charge in [0.15, 0.2) is 0 Å². The zero-order chi connectivity index (χ0) is 13.1. The molecule has 0 radical (unpaired) electrons. The van der Waals surface area contributed by atoms with Crippen molar-refractivity contribution in [1.29, 1.82) is 0 Å². The number of nitrogen functional groups attached to an aromatic ring is 1. The first-order valence-electron chi connectivity index (χ1n) is 5.44. The van der Waals surface area contributed by atoms with Crippen molar-refractivity contribution >= 4 is 34.9 Å². The molecule has 4 N–H and O–H groups in total. The highest BCUT2D eigenvalue weighted by molar-refractivity contribution is 6.34. The lowest BCUT2D eigenvalue weighted by molar-refractivity contribution is -0.116. The predicted octanol–water partition coefficient (Wildman–Crippen LogP) is 0.886. The summed E-state index contributed by atoms with van der Waals surface area (Å²) in [5.74, 6) is -0.293. The number of hydrogen-bond donors (Lipinski definition) is 3. The first-order chi connectivity index (χ1) is 8.56. The molecule has 0 bridgehead atoms. The summed E-state index contributed by atoms with van der Waals surface area (Å²) in [6, 6.07) is 4.59. The van der Waals surface area contributed by atoms with Gasteiger partial charge in [-0.2, -0.15) is 0 Å². The Morgan fingerprint density at radius 2 is 2.33 bits per heavy atom. The Hall–Kier alpha value is -1.95. The summed E-state index contributed by atoms with van der Waals surface area (Å²) in [6.45, 7) is 1.10. The Bertz CT molecular complexity index is 492. The number of nitrogens with two attached hydrogens (primary N) is 1. The van der Waals surface area contributed by atoms with Crippen molar-refractivity contribution in [3.05, 3.63) is 23.2 Å². The molecule has 1 aliphatic rings. The van der Waals surface area contributed by atoms with Gasteiger partial charge < -0.3 is 21.3 Å². The molecule has 6 nitrogen and oxygen atoms in total. The van der Waals surface area contributed by atoms with Crippen molar-refractivity contribution in [2.24, 2.45) is 0 Å². The maximum absolute atomic E-state index is 11.7. The van der Waals surface area contributed by atoms with Gasteiger partial charge in [0.2, 0.25) is 5.91 Å². The van der Waals surface area contributed by atoms with E-state index in [0.29, 0.717) is 29.5 Å². The van der Waals surface area contributed by atoms with Gasteiger partial charge in [0, 0.05) is 18.8 Å². The summed E-state index contributed by atoms with van der Waals surface area (Å²) in [4.78, 5) is 24.4. The highest BCUT2D eigenvalue weighted by Crippen LogP contribution is 2.23. The number of urea groups is 1. The third kappa shape index (κ3) is 2.84. The number of hydrogen-bond acceptors (Lipinski definition) is 3. The number of benzene rings is 1. The van der Waals surface area contributed by atoms with Crippen LogP contribution in [-0.4, -0.2) is 36.5 Å². The van der Waals surface area contributed by atoms with Crippen molar-refractivity contribution in [3.8, 4) is 0 Å². The minimum atomic E-state index is -0.293. The van der Waals surface area contributed by atoms with Crippen molar-refractivity contribution in [2.45, 2.75) is 0 Å². The molecule has 0 aliphatic carbocycles. The smallest absolute Gasteiger partial charge is 0.317 e. The van der Waals surface area contributed by atoms with Crippen molar-refractivity contribution < 1.29 is 9.59 Å². The maximum atomic E-state index is 11.7. The molecule has 1 aromatic rings. The minimum Gasteiger partial charge on any atom is -0.399 e. The SMILES string of the molecule is Nc1ccc(NC(=O)CN2CCNC2=O)c(Cl)c1. The van der Waals surface area contributed by atoms with Crippen molar-refractivity contribution in [2.75, 3.05) is 30.7 Å². The summed E-state index contributed by atoms with van der Waals surface area (Å²) in [5.41, 5.74) is 6.56. The van der Waals surface area contributed by atoms with E-state index in [2.05, 4.69) is 10.6 Å². The minimum absolute atomic E-state index is 0.00649. The van der Waals surface area contributed by atoms with Gasteiger partial charge in [-0.3, -0.25) is 4.79 Å². The van der Waals surface area contributed by atoms with E-state index in [-0.39, 0.29) is 18.5 Å². The average molecular weight is 269 g/mol. The van der Waals surface area contributed by atoms with Crippen LogP contribution >= 0.6 is 11.6 Å². The van der Waals surface area contributed by atoms with Crippen LogP contribution in [0.25, 0.3) is 0 Å². The number of nitrogens with one attached hydrogen (secondary N) is 2. The molecule has 3 amide bonds. The van der Waals surface area contributed by atoms with E-state index >= 15 is 0 Å². The number of carbonyl (C=O) groups is 2. The largest absolute Gasteiger partial charge is 0.399 e. The molecule has 0 saturated carbocycles. The second-order valence-corrected chi connectivity index (χ2v) is 4.35. The standard InChI is InChI=1S/C11H13ClN4O2/c12-8-5-7(13)1-2-9(8)15-10(17)6-16-4-3-14-11(16)18/h1-2,5H,3-4,6,13H2,(H,14,18)(H,15,17). The van der Waals surface area contributed by atoms with Crippen LogP contribution in [0.5, 0.6) is 0 Å². The summed E-state index contributed by atoms with van der Waals surface area (Å²) in [7, 11) is 0. The Morgan fingerprint density at radius 3 is 2.94 bits per heavy atom. The first-order valence-corrected chi connectivity index (χ1v) is 5.82. The molecule has 96 valence electrons. The van der Waals surface area contributed by atoms with E-state index < -0.39 is 0 Å². The van der Waals surface area contributed by atoms with E-state index in [9.17, 15) is 9.59 Å². The van der Waals surface area contributed by atoms with Crippen molar-refractivity contribution in [3.63, 3.8) is 0 Å². The molecular formula is C11H13ClN4O2. The molecule has 0 unspecified atom stereocenters. The van der Waals surface area contributed by atoms with E-state index in [0.717, 1.165) is 0 Å². The second kappa shape index (κ2) is 5.14. The Morgan fingerprint density at radius 1 is 1.56 bits per heavy atom. The normalized spacial score (nSPS) is 14.5. The van der Waals surface area contributed by atoms with Crippen LogP contribution in [0, 0.1) is 0 Å². The van der Waals surface area contributed by atoms with Gasteiger partial charge in [-0.15, -0.1) is 0 Å². The van der Waals surface area contributed by atoms with Crippen LogP contribution in [0.4, 0.5) is 16.2 Å². The number of nitrogens with zero attached hydrogens (tertiary/aromatic N) is 1.